The van der Waals surface area contributed by atoms with Gasteiger partial charge in [-0.05, 0) is 36.8 Å². The summed E-state index contributed by atoms with van der Waals surface area (Å²) in [4.78, 5) is 22.1. The van der Waals surface area contributed by atoms with Gasteiger partial charge in [0.05, 0.1) is 11.1 Å². The molecule has 0 aromatic heterocycles. The van der Waals surface area contributed by atoms with Gasteiger partial charge in [0.25, 0.3) is 5.91 Å². The van der Waals surface area contributed by atoms with Crippen LogP contribution in [-0.4, -0.2) is 28.8 Å². The molecule has 0 aliphatic heterocycles. The number of amides is 1. The molecule has 9 heteroatoms. The highest BCUT2D eigenvalue weighted by Crippen LogP contribution is 2.27. The zero-order chi connectivity index (χ0) is 18.4. The number of aryl methyl sites for hydroxylation is 1. The first-order valence-corrected chi connectivity index (χ1v) is 7.43. The number of nitro benzene ring substituents is 1. The molecule has 0 atom stereocenters. The molecule has 8 nitrogen and oxygen atoms in total. The Hall–Kier alpha value is -3.13. The summed E-state index contributed by atoms with van der Waals surface area (Å²) in [6, 6.07) is 8.79. The highest BCUT2D eigenvalue weighted by molar-refractivity contribution is 6.30. The minimum atomic E-state index is -0.618. The second-order valence-electron chi connectivity index (χ2n) is 5.01. The number of aromatic hydroxyl groups is 1. The van der Waals surface area contributed by atoms with Gasteiger partial charge < -0.3 is 9.84 Å². The molecule has 2 aromatic rings. The Bertz CT molecular complexity index is 839. The average molecular weight is 364 g/mol. The standard InChI is InChI=1S/C16H14ClN3O5/c1-10-2-5-15(13(6-10)20(23)24)25-9-16(22)19-18-8-11-7-12(17)3-4-14(11)21/h2-8,21H,9H2,1H3,(H,19,22)/b18-8-. The molecule has 2 rings (SSSR count). The number of hydrogen-bond donors (Lipinski definition) is 2. The van der Waals surface area contributed by atoms with Crippen molar-refractivity contribution in [2.24, 2.45) is 5.10 Å². The van der Waals surface area contributed by atoms with Gasteiger partial charge in [0.2, 0.25) is 0 Å². The van der Waals surface area contributed by atoms with E-state index in [2.05, 4.69) is 10.5 Å². The number of carbonyl (C=O) groups is 1. The minimum absolute atomic E-state index is 0.0118. The van der Waals surface area contributed by atoms with Gasteiger partial charge in [0.15, 0.2) is 12.4 Å². The average Bonchev–Trinajstić information content (AvgIpc) is 2.56. The third-order valence-corrected chi connectivity index (χ3v) is 3.29. The maximum atomic E-state index is 11.7. The van der Waals surface area contributed by atoms with Gasteiger partial charge in [-0.15, -0.1) is 0 Å². The first kappa shape index (κ1) is 18.2. The van der Waals surface area contributed by atoms with Crippen LogP contribution < -0.4 is 10.2 Å². The van der Waals surface area contributed by atoms with E-state index in [1.807, 2.05) is 0 Å². The first-order chi connectivity index (χ1) is 11.9. The second kappa shape index (κ2) is 8.11. The van der Waals surface area contributed by atoms with Crippen LogP contribution in [0.25, 0.3) is 0 Å². The second-order valence-corrected chi connectivity index (χ2v) is 5.45. The highest BCUT2D eigenvalue weighted by Gasteiger charge is 2.16. The van der Waals surface area contributed by atoms with Gasteiger partial charge in [-0.1, -0.05) is 17.7 Å². The quantitative estimate of drug-likeness (QED) is 0.465. The maximum absolute atomic E-state index is 11.7. The van der Waals surface area contributed by atoms with Crippen molar-refractivity contribution in [2.45, 2.75) is 6.92 Å². The maximum Gasteiger partial charge on any atom is 0.311 e. The van der Waals surface area contributed by atoms with Crippen LogP contribution in [0.1, 0.15) is 11.1 Å². The summed E-state index contributed by atoms with van der Waals surface area (Å²) < 4.78 is 5.16. The lowest BCUT2D eigenvalue weighted by atomic mass is 10.2. The highest BCUT2D eigenvalue weighted by atomic mass is 35.5. The number of rotatable bonds is 6. The molecule has 2 N–H and O–H groups in total. The summed E-state index contributed by atoms with van der Waals surface area (Å²) >= 11 is 5.79. The topological polar surface area (TPSA) is 114 Å². The van der Waals surface area contributed by atoms with Crippen LogP contribution in [0.5, 0.6) is 11.5 Å². The van der Waals surface area contributed by atoms with Crippen molar-refractivity contribution in [3.63, 3.8) is 0 Å². The van der Waals surface area contributed by atoms with E-state index in [4.69, 9.17) is 16.3 Å². The van der Waals surface area contributed by atoms with E-state index < -0.39 is 17.4 Å². The monoisotopic (exact) mass is 363 g/mol. The van der Waals surface area contributed by atoms with E-state index in [1.165, 1.54) is 36.5 Å². The minimum Gasteiger partial charge on any atom is -0.507 e. The largest absolute Gasteiger partial charge is 0.507 e. The number of nitro groups is 1. The lowest BCUT2D eigenvalue weighted by Crippen LogP contribution is -2.24. The van der Waals surface area contributed by atoms with E-state index in [-0.39, 0.29) is 17.2 Å². The number of phenols is 1. The molecule has 0 radical (unpaired) electrons. The van der Waals surface area contributed by atoms with Crippen LogP contribution in [0, 0.1) is 17.0 Å². The molecule has 130 valence electrons. The normalized spacial score (nSPS) is 10.6. The van der Waals surface area contributed by atoms with Crippen LogP contribution >= 0.6 is 11.6 Å². The molecule has 0 aliphatic rings. The number of nitrogens with one attached hydrogen (secondary N) is 1. The Kier molecular flexibility index (Phi) is 5.91. The third-order valence-electron chi connectivity index (χ3n) is 3.05. The number of halogens is 1. The number of carbonyl (C=O) groups excluding carboxylic acids is 1. The molecule has 0 saturated heterocycles. The van der Waals surface area contributed by atoms with Gasteiger partial charge in [-0.3, -0.25) is 14.9 Å². The van der Waals surface area contributed by atoms with Crippen molar-refractivity contribution in [1.29, 1.82) is 0 Å². The molecule has 0 bridgehead atoms. The fourth-order valence-electron chi connectivity index (χ4n) is 1.87. The van der Waals surface area contributed by atoms with Gasteiger partial charge in [0.1, 0.15) is 5.75 Å². The number of benzene rings is 2. The molecular weight excluding hydrogens is 350 g/mol. The number of ether oxygens (including phenoxy) is 1. The van der Waals surface area contributed by atoms with Crippen molar-refractivity contribution in [3.05, 3.63) is 62.7 Å². The summed E-state index contributed by atoms with van der Waals surface area (Å²) in [6.45, 7) is 1.26. The lowest BCUT2D eigenvalue weighted by molar-refractivity contribution is -0.385. The van der Waals surface area contributed by atoms with Crippen LogP contribution in [0.15, 0.2) is 41.5 Å². The summed E-state index contributed by atoms with van der Waals surface area (Å²) in [7, 11) is 0. The molecule has 2 aromatic carbocycles. The molecule has 0 heterocycles. The summed E-state index contributed by atoms with van der Waals surface area (Å²) in [5.41, 5.74) is 2.99. The fourth-order valence-corrected chi connectivity index (χ4v) is 2.05. The van der Waals surface area contributed by atoms with Crippen molar-refractivity contribution in [1.82, 2.24) is 5.43 Å². The van der Waals surface area contributed by atoms with Crippen LogP contribution in [-0.2, 0) is 4.79 Å². The first-order valence-electron chi connectivity index (χ1n) is 7.05. The Morgan fingerprint density at radius 1 is 1.40 bits per heavy atom. The fraction of sp³-hybridized carbons (Fsp3) is 0.125. The van der Waals surface area contributed by atoms with E-state index in [1.54, 1.807) is 13.0 Å². The van der Waals surface area contributed by atoms with Crippen LogP contribution in [0.2, 0.25) is 5.02 Å². The Balaban J connectivity index is 1.94. The predicted molar refractivity (Wildman–Crippen MR) is 92.2 cm³/mol. The zero-order valence-electron chi connectivity index (χ0n) is 13.1. The Morgan fingerprint density at radius 2 is 2.16 bits per heavy atom. The molecule has 25 heavy (non-hydrogen) atoms. The smallest absolute Gasteiger partial charge is 0.311 e. The lowest BCUT2D eigenvalue weighted by Gasteiger charge is -2.06. The van der Waals surface area contributed by atoms with E-state index >= 15 is 0 Å². The number of phenolic OH excluding ortho intramolecular Hbond substituents is 1. The van der Waals surface area contributed by atoms with Gasteiger partial charge >= 0.3 is 5.69 Å². The third kappa shape index (κ3) is 5.18. The molecule has 0 saturated carbocycles. The number of nitrogens with zero attached hydrogens (tertiary/aromatic N) is 2. The SMILES string of the molecule is Cc1ccc(OCC(=O)N/N=C\c2cc(Cl)ccc2O)c([N+](=O)[O-])c1. The van der Waals surface area contributed by atoms with E-state index in [0.29, 0.717) is 16.1 Å². The Morgan fingerprint density at radius 3 is 2.88 bits per heavy atom. The molecule has 0 unspecified atom stereocenters. The zero-order valence-corrected chi connectivity index (χ0v) is 13.9. The van der Waals surface area contributed by atoms with Gasteiger partial charge in [-0.2, -0.15) is 5.10 Å². The summed E-state index contributed by atoms with van der Waals surface area (Å²) in [5, 5.41) is 24.7. The Labute approximate surface area is 147 Å². The van der Waals surface area contributed by atoms with Crippen molar-refractivity contribution in [2.75, 3.05) is 6.61 Å². The molecule has 0 spiro atoms. The number of hydrazone groups is 1. The summed E-state index contributed by atoms with van der Waals surface area (Å²) in [5.74, 6) is -0.677. The van der Waals surface area contributed by atoms with Crippen molar-refractivity contribution < 1.29 is 19.6 Å². The van der Waals surface area contributed by atoms with Gasteiger partial charge in [-0.25, -0.2) is 5.43 Å². The molecule has 0 aliphatic carbocycles. The van der Waals surface area contributed by atoms with E-state index in [0.717, 1.165) is 0 Å². The van der Waals surface area contributed by atoms with Crippen molar-refractivity contribution >= 4 is 29.4 Å². The predicted octanol–water partition coefficient (Wildman–Crippen LogP) is 2.79. The molecule has 0 fully saturated rings. The molecule has 1 amide bonds. The number of hydrogen-bond acceptors (Lipinski definition) is 6. The van der Waals surface area contributed by atoms with Crippen LogP contribution in [0.4, 0.5) is 5.69 Å². The van der Waals surface area contributed by atoms with Crippen molar-refractivity contribution in [3.8, 4) is 11.5 Å². The van der Waals surface area contributed by atoms with Crippen LogP contribution in [0.3, 0.4) is 0 Å². The molecular formula is C16H14ClN3O5. The summed E-state index contributed by atoms with van der Waals surface area (Å²) in [6.07, 6.45) is 1.22. The van der Waals surface area contributed by atoms with Gasteiger partial charge in [0, 0.05) is 16.7 Å². The van der Waals surface area contributed by atoms with E-state index in [9.17, 15) is 20.0 Å².